The van der Waals surface area contributed by atoms with E-state index in [-0.39, 0.29) is 23.3 Å². The maximum atomic E-state index is 13.2. The number of nitrogens with zero attached hydrogens (tertiary/aromatic N) is 3. The molecular formula is C20H19Cl2FN4O2S. The number of nitrogens with one attached hydrogen (secondary N) is 1. The fourth-order valence-electron chi connectivity index (χ4n) is 2.67. The standard InChI is InChI=1S/C20H19Cl2FN4O2S/c1-3-27-18(10-29-17-7-4-13(21)8-12(17)2)25-26-20(27)30-11-19(28)24-14-5-6-16(23)15(22)9-14/h4-9H,3,10-11H2,1-2H3,(H,24,28). The first-order valence-corrected chi connectivity index (χ1v) is 10.8. The number of aromatic nitrogens is 3. The summed E-state index contributed by atoms with van der Waals surface area (Å²) in [4.78, 5) is 12.2. The molecule has 1 aromatic heterocycles. The van der Waals surface area contributed by atoms with Crippen LogP contribution >= 0.6 is 35.0 Å². The van der Waals surface area contributed by atoms with Gasteiger partial charge in [-0.25, -0.2) is 4.39 Å². The van der Waals surface area contributed by atoms with Crippen molar-refractivity contribution in [1.29, 1.82) is 0 Å². The molecule has 3 rings (SSSR count). The lowest BCUT2D eigenvalue weighted by Gasteiger charge is -2.11. The Hall–Kier alpha value is -2.29. The molecule has 0 aliphatic heterocycles. The molecule has 0 spiro atoms. The van der Waals surface area contributed by atoms with Gasteiger partial charge < -0.3 is 14.6 Å². The number of amides is 1. The second-order valence-electron chi connectivity index (χ2n) is 6.31. The van der Waals surface area contributed by atoms with Gasteiger partial charge in [-0.05, 0) is 55.8 Å². The van der Waals surface area contributed by atoms with Gasteiger partial charge in [0, 0.05) is 17.3 Å². The van der Waals surface area contributed by atoms with Crippen molar-refractivity contribution in [3.63, 3.8) is 0 Å². The Morgan fingerprint density at radius 1 is 1.23 bits per heavy atom. The van der Waals surface area contributed by atoms with Crippen LogP contribution < -0.4 is 10.1 Å². The molecule has 0 unspecified atom stereocenters. The van der Waals surface area contributed by atoms with Crippen LogP contribution in [0.25, 0.3) is 0 Å². The SMILES string of the molecule is CCn1c(COc2ccc(Cl)cc2C)nnc1SCC(=O)Nc1ccc(F)c(Cl)c1. The molecule has 0 bridgehead atoms. The number of hydrogen-bond acceptors (Lipinski definition) is 5. The molecule has 30 heavy (non-hydrogen) atoms. The molecule has 0 saturated carbocycles. The molecule has 0 radical (unpaired) electrons. The van der Waals surface area contributed by atoms with Gasteiger partial charge in [-0.2, -0.15) is 0 Å². The molecule has 1 N–H and O–H groups in total. The van der Waals surface area contributed by atoms with Gasteiger partial charge in [0.1, 0.15) is 18.2 Å². The number of benzene rings is 2. The van der Waals surface area contributed by atoms with Crippen molar-refractivity contribution in [3.8, 4) is 5.75 Å². The number of aryl methyl sites for hydroxylation is 1. The van der Waals surface area contributed by atoms with Gasteiger partial charge in [-0.1, -0.05) is 35.0 Å². The fourth-order valence-corrected chi connectivity index (χ4v) is 3.90. The molecule has 0 saturated heterocycles. The lowest BCUT2D eigenvalue weighted by molar-refractivity contribution is -0.113. The first-order valence-electron chi connectivity index (χ1n) is 9.06. The summed E-state index contributed by atoms with van der Waals surface area (Å²) in [5.74, 6) is 0.688. The summed E-state index contributed by atoms with van der Waals surface area (Å²) in [5, 5.41) is 12.2. The molecule has 1 amide bonds. The molecule has 0 fully saturated rings. The van der Waals surface area contributed by atoms with E-state index in [4.69, 9.17) is 27.9 Å². The highest BCUT2D eigenvalue weighted by Crippen LogP contribution is 2.24. The minimum atomic E-state index is -0.538. The average molecular weight is 469 g/mol. The predicted octanol–water partition coefficient (Wildman–Crippen LogP) is 5.36. The molecule has 10 heteroatoms. The van der Waals surface area contributed by atoms with Crippen LogP contribution in [0.2, 0.25) is 10.0 Å². The summed E-state index contributed by atoms with van der Waals surface area (Å²) in [7, 11) is 0. The molecule has 2 aromatic carbocycles. The average Bonchev–Trinajstić information content (AvgIpc) is 3.10. The zero-order chi connectivity index (χ0) is 21.7. The molecule has 1 heterocycles. The Balaban J connectivity index is 1.59. The number of hydrogen-bond donors (Lipinski definition) is 1. The van der Waals surface area contributed by atoms with Crippen molar-refractivity contribution in [2.24, 2.45) is 0 Å². The van der Waals surface area contributed by atoms with E-state index >= 15 is 0 Å². The molecule has 0 aliphatic carbocycles. The van der Waals surface area contributed by atoms with Crippen LogP contribution in [0.15, 0.2) is 41.6 Å². The predicted molar refractivity (Wildman–Crippen MR) is 117 cm³/mol. The van der Waals surface area contributed by atoms with E-state index < -0.39 is 5.82 Å². The second-order valence-corrected chi connectivity index (χ2v) is 8.09. The van der Waals surface area contributed by atoms with E-state index in [0.29, 0.717) is 28.2 Å². The summed E-state index contributed by atoms with van der Waals surface area (Å²) in [6.07, 6.45) is 0. The minimum Gasteiger partial charge on any atom is -0.485 e. The largest absolute Gasteiger partial charge is 0.485 e. The van der Waals surface area contributed by atoms with E-state index in [9.17, 15) is 9.18 Å². The molecule has 0 atom stereocenters. The van der Waals surface area contributed by atoms with Crippen LogP contribution in [-0.2, 0) is 17.9 Å². The maximum Gasteiger partial charge on any atom is 0.234 e. The summed E-state index contributed by atoms with van der Waals surface area (Å²) >= 11 is 13.0. The van der Waals surface area contributed by atoms with E-state index in [0.717, 1.165) is 11.3 Å². The van der Waals surface area contributed by atoms with Gasteiger partial charge in [0.25, 0.3) is 0 Å². The van der Waals surface area contributed by atoms with Crippen molar-refractivity contribution in [2.45, 2.75) is 32.2 Å². The van der Waals surface area contributed by atoms with E-state index in [2.05, 4.69) is 15.5 Å². The van der Waals surface area contributed by atoms with Crippen molar-refractivity contribution >= 4 is 46.6 Å². The smallest absolute Gasteiger partial charge is 0.234 e. The minimum absolute atomic E-state index is 0.0493. The normalized spacial score (nSPS) is 10.8. The van der Waals surface area contributed by atoms with Crippen molar-refractivity contribution in [2.75, 3.05) is 11.1 Å². The number of carbonyl (C=O) groups is 1. The van der Waals surface area contributed by atoms with Gasteiger partial charge in [0.15, 0.2) is 11.0 Å². The molecule has 0 aliphatic rings. The van der Waals surface area contributed by atoms with Crippen LogP contribution in [0.1, 0.15) is 18.3 Å². The van der Waals surface area contributed by atoms with Gasteiger partial charge in [-0.3, -0.25) is 4.79 Å². The van der Waals surface area contributed by atoms with Crippen LogP contribution in [-0.4, -0.2) is 26.4 Å². The van der Waals surface area contributed by atoms with E-state index in [1.54, 1.807) is 6.07 Å². The quantitative estimate of drug-likeness (QED) is 0.450. The maximum absolute atomic E-state index is 13.2. The van der Waals surface area contributed by atoms with Crippen LogP contribution in [0.4, 0.5) is 10.1 Å². The number of halogens is 3. The Morgan fingerprint density at radius 3 is 2.73 bits per heavy atom. The Labute approximate surface area is 187 Å². The Morgan fingerprint density at radius 2 is 2.03 bits per heavy atom. The van der Waals surface area contributed by atoms with Gasteiger partial charge in [0.05, 0.1) is 10.8 Å². The number of anilines is 1. The number of rotatable bonds is 8. The summed E-state index contributed by atoms with van der Waals surface area (Å²) in [5.41, 5.74) is 1.36. The van der Waals surface area contributed by atoms with Crippen LogP contribution in [0.5, 0.6) is 5.75 Å². The van der Waals surface area contributed by atoms with E-state index in [1.807, 2.05) is 30.5 Å². The number of thioether (sulfide) groups is 1. The van der Waals surface area contributed by atoms with Crippen LogP contribution in [0.3, 0.4) is 0 Å². The highest BCUT2D eigenvalue weighted by Gasteiger charge is 2.14. The highest BCUT2D eigenvalue weighted by atomic mass is 35.5. The third-order valence-electron chi connectivity index (χ3n) is 4.14. The lowest BCUT2D eigenvalue weighted by Crippen LogP contribution is -2.15. The van der Waals surface area contributed by atoms with Crippen molar-refractivity contribution < 1.29 is 13.9 Å². The number of ether oxygens (including phenoxy) is 1. The molecule has 6 nitrogen and oxygen atoms in total. The molecule has 3 aromatic rings. The van der Waals surface area contributed by atoms with Crippen molar-refractivity contribution in [1.82, 2.24) is 14.8 Å². The monoisotopic (exact) mass is 468 g/mol. The third-order valence-corrected chi connectivity index (χ3v) is 5.63. The summed E-state index contributed by atoms with van der Waals surface area (Å²) in [6.45, 7) is 4.75. The van der Waals surface area contributed by atoms with Crippen molar-refractivity contribution in [3.05, 3.63) is 63.6 Å². The summed E-state index contributed by atoms with van der Waals surface area (Å²) < 4.78 is 21.0. The Bertz CT molecular complexity index is 1060. The zero-order valence-corrected chi connectivity index (χ0v) is 18.6. The second kappa shape index (κ2) is 10.1. The van der Waals surface area contributed by atoms with E-state index in [1.165, 1.54) is 30.0 Å². The first kappa shape index (κ1) is 22.4. The molecular weight excluding hydrogens is 450 g/mol. The van der Waals surface area contributed by atoms with Gasteiger partial charge in [0.2, 0.25) is 5.91 Å². The highest BCUT2D eigenvalue weighted by molar-refractivity contribution is 7.99. The lowest BCUT2D eigenvalue weighted by atomic mass is 10.2. The first-order chi connectivity index (χ1) is 14.4. The van der Waals surface area contributed by atoms with Gasteiger partial charge >= 0.3 is 0 Å². The molecule has 158 valence electrons. The zero-order valence-electron chi connectivity index (χ0n) is 16.3. The fraction of sp³-hybridized carbons (Fsp3) is 0.250. The third kappa shape index (κ3) is 5.65. The van der Waals surface area contributed by atoms with Gasteiger partial charge in [-0.15, -0.1) is 10.2 Å². The summed E-state index contributed by atoms with van der Waals surface area (Å²) in [6, 6.07) is 9.42. The topological polar surface area (TPSA) is 69.0 Å². The number of carbonyl (C=O) groups excluding carboxylic acids is 1. The van der Waals surface area contributed by atoms with Crippen LogP contribution in [0, 0.1) is 12.7 Å². The Kier molecular flexibility index (Phi) is 7.58.